The second kappa shape index (κ2) is 6.81. The summed E-state index contributed by atoms with van der Waals surface area (Å²) in [6.07, 6.45) is 3.25. The summed E-state index contributed by atoms with van der Waals surface area (Å²) < 4.78 is 5.37. The number of aryl methyl sites for hydroxylation is 1. The standard InChI is InChI=1S/C18H25NO5/c1-12-6-7-13(10-14(12)24-3)18(8-4-5-9-18)15(20)19-11-17(2,23)16(21)22/h6-7,10,23H,4-5,8-9,11H2,1-3H3,(H,19,20)(H,21,22). The molecular weight excluding hydrogens is 310 g/mol. The highest BCUT2D eigenvalue weighted by molar-refractivity contribution is 5.89. The number of carbonyl (C=O) groups excluding carboxylic acids is 1. The Morgan fingerprint density at radius 3 is 2.50 bits per heavy atom. The number of rotatable bonds is 6. The lowest BCUT2D eigenvalue weighted by Crippen LogP contribution is -2.51. The van der Waals surface area contributed by atoms with E-state index >= 15 is 0 Å². The summed E-state index contributed by atoms with van der Waals surface area (Å²) >= 11 is 0. The fourth-order valence-electron chi connectivity index (χ4n) is 3.24. The van der Waals surface area contributed by atoms with Crippen LogP contribution in [-0.2, 0) is 15.0 Å². The summed E-state index contributed by atoms with van der Waals surface area (Å²) in [6.45, 7) is 2.78. The highest BCUT2D eigenvalue weighted by Gasteiger charge is 2.44. The van der Waals surface area contributed by atoms with Gasteiger partial charge in [0.2, 0.25) is 5.91 Å². The van der Waals surface area contributed by atoms with Crippen LogP contribution in [0.1, 0.15) is 43.7 Å². The van der Waals surface area contributed by atoms with Crippen LogP contribution < -0.4 is 10.1 Å². The zero-order valence-corrected chi connectivity index (χ0v) is 14.4. The number of carboxylic acids is 1. The average Bonchev–Trinajstić information content (AvgIpc) is 3.04. The lowest BCUT2D eigenvalue weighted by atomic mass is 9.77. The molecule has 0 heterocycles. The Hall–Kier alpha value is -2.08. The minimum absolute atomic E-state index is 0.243. The van der Waals surface area contributed by atoms with Gasteiger partial charge in [0.1, 0.15) is 5.75 Å². The van der Waals surface area contributed by atoms with Gasteiger partial charge in [-0.1, -0.05) is 25.0 Å². The zero-order valence-electron chi connectivity index (χ0n) is 14.4. The Bertz CT molecular complexity index is 632. The first-order chi connectivity index (χ1) is 11.2. The summed E-state index contributed by atoms with van der Waals surface area (Å²) in [6, 6.07) is 5.74. The fraction of sp³-hybridized carbons (Fsp3) is 0.556. The van der Waals surface area contributed by atoms with Crippen molar-refractivity contribution in [1.82, 2.24) is 5.32 Å². The van der Waals surface area contributed by atoms with Gasteiger partial charge in [-0.25, -0.2) is 4.79 Å². The molecule has 1 aromatic carbocycles. The maximum absolute atomic E-state index is 12.9. The van der Waals surface area contributed by atoms with E-state index in [0.717, 1.165) is 29.7 Å². The minimum atomic E-state index is -1.99. The first kappa shape index (κ1) is 18.3. The van der Waals surface area contributed by atoms with Crippen LogP contribution in [0.15, 0.2) is 18.2 Å². The Labute approximate surface area is 141 Å². The lowest BCUT2D eigenvalue weighted by molar-refractivity contribution is -0.156. The second-order valence-electron chi connectivity index (χ2n) is 6.74. The van der Waals surface area contributed by atoms with Crippen LogP contribution in [0.25, 0.3) is 0 Å². The van der Waals surface area contributed by atoms with E-state index in [0.29, 0.717) is 12.8 Å². The first-order valence-electron chi connectivity index (χ1n) is 8.12. The third kappa shape index (κ3) is 3.38. The van der Waals surface area contributed by atoms with Crippen molar-refractivity contribution < 1.29 is 24.5 Å². The molecule has 1 saturated carbocycles. The molecule has 24 heavy (non-hydrogen) atoms. The van der Waals surface area contributed by atoms with E-state index in [1.54, 1.807) is 7.11 Å². The number of ether oxygens (including phenoxy) is 1. The van der Waals surface area contributed by atoms with Crippen molar-refractivity contribution in [3.63, 3.8) is 0 Å². The molecule has 6 nitrogen and oxygen atoms in total. The van der Waals surface area contributed by atoms with Gasteiger partial charge in [0.05, 0.1) is 19.1 Å². The van der Waals surface area contributed by atoms with Gasteiger partial charge < -0.3 is 20.3 Å². The number of carbonyl (C=O) groups is 2. The van der Waals surface area contributed by atoms with E-state index in [2.05, 4.69) is 5.32 Å². The van der Waals surface area contributed by atoms with Crippen LogP contribution in [0.3, 0.4) is 0 Å². The summed E-state index contributed by atoms with van der Waals surface area (Å²) in [5.74, 6) is -0.878. The molecule has 0 aromatic heterocycles. The van der Waals surface area contributed by atoms with Crippen LogP contribution in [0.4, 0.5) is 0 Å². The molecule has 1 atom stereocenters. The molecule has 0 saturated heterocycles. The van der Waals surface area contributed by atoms with E-state index < -0.39 is 17.0 Å². The van der Waals surface area contributed by atoms with Crippen LogP contribution in [0, 0.1) is 6.92 Å². The van der Waals surface area contributed by atoms with Crippen LogP contribution >= 0.6 is 0 Å². The molecule has 1 aliphatic carbocycles. The quantitative estimate of drug-likeness (QED) is 0.736. The topological polar surface area (TPSA) is 95.9 Å². The van der Waals surface area contributed by atoms with Gasteiger partial charge in [0.15, 0.2) is 5.60 Å². The minimum Gasteiger partial charge on any atom is -0.496 e. The molecule has 0 bridgehead atoms. The van der Waals surface area contributed by atoms with Crippen LogP contribution in [0.2, 0.25) is 0 Å². The van der Waals surface area contributed by atoms with Gasteiger partial charge in [0, 0.05) is 0 Å². The highest BCUT2D eigenvalue weighted by Crippen LogP contribution is 2.42. The summed E-state index contributed by atoms with van der Waals surface area (Å²) in [7, 11) is 1.59. The number of hydrogen-bond donors (Lipinski definition) is 3. The molecule has 6 heteroatoms. The van der Waals surface area contributed by atoms with Gasteiger partial charge in [-0.3, -0.25) is 4.79 Å². The lowest BCUT2D eigenvalue weighted by Gasteiger charge is -2.30. The molecule has 132 valence electrons. The first-order valence-corrected chi connectivity index (χ1v) is 8.12. The summed E-state index contributed by atoms with van der Waals surface area (Å²) in [5.41, 5.74) is -0.825. The molecule has 1 amide bonds. The number of nitrogens with one attached hydrogen (secondary N) is 1. The monoisotopic (exact) mass is 335 g/mol. The summed E-state index contributed by atoms with van der Waals surface area (Å²) in [5, 5.41) is 21.4. The van der Waals surface area contributed by atoms with Crippen molar-refractivity contribution in [3.8, 4) is 5.75 Å². The average molecular weight is 335 g/mol. The molecule has 3 N–H and O–H groups in total. The molecule has 0 aliphatic heterocycles. The van der Waals surface area contributed by atoms with Gasteiger partial charge in [-0.05, 0) is 43.9 Å². The number of carboxylic acid groups (broad SMARTS) is 1. The van der Waals surface area contributed by atoms with Crippen molar-refractivity contribution in [2.45, 2.75) is 50.5 Å². The van der Waals surface area contributed by atoms with Gasteiger partial charge in [-0.15, -0.1) is 0 Å². The summed E-state index contributed by atoms with van der Waals surface area (Å²) in [4.78, 5) is 23.9. The Morgan fingerprint density at radius 1 is 1.33 bits per heavy atom. The maximum Gasteiger partial charge on any atom is 0.337 e. The van der Waals surface area contributed by atoms with E-state index in [9.17, 15) is 14.7 Å². The number of hydrogen-bond acceptors (Lipinski definition) is 4. The SMILES string of the molecule is COc1cc(C2(C(=O)NCC(C)(O)C(=O)O)CCCC2)ccc1C. The third-order valence-electron chi connectivity index (χ3n) is 4.91. The Balaban J connectivity index is 2.28. The van der Waals surface area contributed by atoms with E-state index in [1.807, 2.05) is 25.1 Å². The van der Waals surface area contributed by atoms with Crippen molar-refractivity contribution in [2.24, 2.45) is 0 Å². The van der Waals surface area contributed by atoms with Gasteiger partial charge in [0.25, 0.3) is 0 Å². The van der Waals surface area contributed by atoms with E-state index in [1.165, 1.54) is 6.92 Å². The second-order valence-corrected chi connectivity index (χ2v) is 6.74. The largest absolute Gasteiger partial charge is 0.496 e. The molecule has 1 aromatic rings. The highest BCUT2D eigenvalue weighted by atomic mass is 16.5. The molecule has 1 fully saturated rings. The predicted molar refractivity (Wildman–Crippen MR) is 89.1 cm³/mol. The maximum atomic E-state index is 12.9. The van der Waals surface area contributed by atoms with Crippen LogP contribution in [-0.4, -0.2) is 41.3 Å². The molecule has 0 spiro atoms. The van der Waals surface area contributed by atoms with Crippen molar-refractivity contribution in [1.29, 1.82) is 0 Å². The number of aliphatic hydroxyl groups is 1. The number of methoxy groups -OCH3 is 1. The Morgan fingerprint density at radius 2 is 1.96 bits per heavy atom. The number of aliphatic carboxylic acids is 1. The molecule has 2 rings (SSSR count). The van der Waals surface area contributed by atoms with Crippen LogP contribution in [0.5, 0.6) is 5.75 Å². The predicted octanol–water partition coefficient (Wildman–Crippen LogP) is 1.77. The van der Waals surface area contributed by atoms with E-state index in [4.69, 9.17) is 9.84 Å². The van der Waals surface area contributed by atoms with Crippen molar-refractivity contribution >= 4 is 11.9 Å². The van der Waals surface area contributed by atoms with Gasteiger partial charge in [-0.2, -0.15) is 0 Å². The zero-order chi connectivity index (χ0) is 18.0. The molecule has 1 aliphatic rings. The van der Waals surface area contributed by atoms with Crippen molar-refractivity contribution in [3.05, 3.63) is 29.3 Å². The number of amides is 1. The fourth-order valence-corrected chi connectivity index (χ4v) is 3.24. The molecule has 0 radical (unpaired) electrons. The molecular formula is C18H25NO5. The Kier molecular flexibility index (Phi) is 5.18. The smallest absolute Gasteiger partial charge is 0.337 e. The third-order valence-corrected chi connectivity index (χ3v) is 4.91. The molecule has 1 unspecified atom stereocenters. The van der Waals surface area contributed by atoms with Gasteiger partial charge >= 0.3 is 5.97 Å². The van der Waals surface area contributed by atoms with Crippen molar-refractivity contribution in [2.75, 3.05) is 13.7 Å². The van der Waals surface area contributed by atoms with E-state index in [-0.39, 0.29) is 12.5 Å². The normalized spacial score (nSPS) is 18.7. The number of benzene rings is 1.